The first-order valence-corrected chi connectivity index (χ1v) is 12.3. The lowest BCUT2D eigenvalue weighted by molar-refractivity contribution is -0.123. The van der Waals surface area contributed by atoms with E-state index in [1.54, 1.807) is 12.4 Å². The Morgan fingerprint density at radius 3 is 2.56 bits per heavy atom. The van der Waals surface area contributed by atoms with Gasteiger partial charge in [-0.3, -0.25) is 9.48 Å². The predicted molar refractivity (Wildman–Crippen MR) is 134 cm³/mol. The summed E-state index contributed by atoms with van der Waals surface area (Å²) in [7, 11) is 0. The van der Waals surface area contributed by atoms with Crippen LogP contribution in [0.2, 0.25) is 0 Å². The molecule has 1 saturated heterocycles. The Hall–Kier alpha value is -3.95. The molecule has 5 rings (SSSR count). The molecule has 4 N–H and O–H groups in total. The zero-order valence-electron chi connectivity index (χ0n) is 20.3. The van der Waals surface area contributed by atoms with E-state index < -0.39 is 11.5 Å². The van der Waals surface area contributed by atoms with Gasteiger partial charge in [-0.05, 0) is 50.2 Å². The van der Waals surface area contributed by atoms with Crippen molar-refractivity contribution in [2.45, 2.75) is 51.0 Å². The van der Waals surface area contributed by atoms with Crippen molar-refractivity contribution in [3.8, 4) is 0 Å². The summed E-state index contributed by atoms with van der Waals surface area (Å²) < 4.78 is 1.88. The number of hydrogen-bond acceptors (Lipinski definition) is 6. The molecule has 2 aromatic heterocycles. The van der Waals surface area contributed by atoms with Crippen LogP contribution in [0.25, 0.3) is 0 Å². The van der Waals surface area contributed by atoms with Gasteiger partial charge in [0.2, 0.25) is 11.9 Å². The highest BCUT2D eigenvalue weighted by Crippen LogP contribution is 2.57. The van der Waals surface area contributed by atoms with Gasteiger partial charge >= 0.3 is 6.09 Å². The molecule has 10 nitrogen and oxygen atoms in total. The van der Waals surface area contributed by atoms with Crippen molar-refractivity contribution >= 4 is 23.6 Å². The lowest BCUT2D eigenvalue weighted by atomic mass is 9.79. The van der Waals surface area contributed by atoms with Gasteiger partial charge in [0.05, 0.1) is 29.0 Å². The first-order chi connectivity index (χ1) is 17.4. The maximum Gasteiger partial charge on any atom is 0.407 e. The maximum absolute atomic E-state index is 12.5. The molecular weight excluding hydrogens is 458 g/mol. The van der Waals surface area contributed by atoms with E-state index >= 15 is 0 Å². The maximum atomic E-state index is 12.5. The predicted octanol–water partition coefficient (Wildman–Crippen LogP) is 3.63. The van der Waals surface area contributed by atoms with Gasteiger partial charge in [0, 0.05) is 31.4 Å². The number of aryl methyl sites for hydroxylation is 1. The number of piperidine rings is 1. The van der Waals surface area contributed by atoms with Gasteiger partial charge in [-0.1, -0.05) is 30.3 Å². The van der Waals surface area contributed by atoms with E-state index in [-0.39, 0.29) is 17.9 Å². The summed E-state index contributed by atoms with van der Waals surface area (Å²) in [5.41, 5.74) is 8.96. The van der Waals surface area contributed by atoms with Gasteiger partial charge in [-0.2, -0.15) is 5.10 Å². The van der Waals surface area contributed by atoms with E-state index in [9.17, 15) is 9.59 Å². The Morgan fingerprint density at radius 1 is 1.19 bits per heavy atom. The average molecular weight is 490 g/mol. The Morgan fingerprint density at radius 2 is 1.92 bits per heavy atom. The second-order valence-electron chi connectivity index (χ2n) is 9.86. The summed E-state index contributed by atoms with van der Waals surface area (Å²) in [4.78, 5) is 34.4. The van der Waals surface area contributed by atoms with Gasteiger partial charge in [0.25, 0.3) is 0 Å². The first-order valence-electron chi connectivity index (χ1n) is 12.3. The van der Waals surface area contributed by atoms with E-state index in [4.69, 9.17) is 15.8 Å². The fraction of sp³-hybridized carbons (Fsp3) is 0.423. The van der Waals surface area contributed by atoms with Crippen LogP contribution < -0.4 is 11.1 Å². The minimum absolute atomic E-state index is 0.136. The van der Waals surface area contributed by atoms with Crippen LogP contribution in [0.3, 0.4) is 0 Å². The fourth-order valence-corrected chi connectivity index (χ4v) is 5.23. The van der Waals surface area contributed by atoms with Crippen LogP contribution in [-0.4, -0.2) is 54.8 Å². The highest BCUT2D eigenvalue weighted by molar-refractivity contribution is 5.85. The largest absolute Gasteiger partial charge is 0.465 e. The van der Waals surface area contributed by atoms with Crippen LogP contribution in [-0.2, 0) is 11.2 Å². The third-order valence-electron chi connectivity index (χ3n) is 7.54. The number of carbonyl (C=O) groups excluding carboxylic acids is 1. The Labute approximate surface area is 209 Å². The van der Waals surface area contributed by atoms with Gasteiger partial charge in [0.15, 0.2) is 0 Å². The Bertz CT molecular complexity index is 1250. The first kappa shape index (κ1) is 23.8. The molecular formula is C26H31N7O3. The van der Waals surface area contributed by atoms with E-state index in [2.05, 4.69) is 27.5 Å². The highest BCUT2D eigenvalue weighted by Gasteiger charge is 2.55. The molecule has 1 saturated carbocycles. The van der Waals surface area contributed by atoms with E-state index in [1.807, 2.05) is 36.0 Å². The number of carboxylic acid groups (broad SMARTS) is 1. The van der Waals surface area contributed by atoms with Crippen LogP contribution in [0.1, 0.15) is 54.5 Å². The molecule has 2 amide bonds. The van der Waals surface area contributed by atoms with Crippen LogP contribution in [0, 0.1) is 12.3 Å². The number of nitrogens with one attached hydrogen (secondary N) is 1. The number of likely N-dealkylation sites (tertiary alicyclic amines) is 1. The molecule has 1 unspecified atom stereocenters. The molecule has 1 aliphatic carbocycles. The van der Waals surface area contributed by atoms with Crippen molar-refractivity contribution in [3.63, 3.8) is 0 Å². The zero-order valence-corrected chi connectivity index (χ0v) is 20.3. The van der Waals surface area contributed by atoms with Crippen molar-refractivity contribution in [1.29, 1.82) is 0 Å². The minimum Gasteiger partial charge on any atom is -0.465 e. The van der Waals surface area contributed by atoms with Crippen LogP contribution >= 0.6 is 0 Å². The van der Waals surface area contributed by atoms with Crippen LogP contribution in [0.5, 0.6) is 0 Å². The molecule has 3 aromatic rings. The Balaban J connectivity index is 1.36. The average Bonchev–Trinajstić information content (AvgIpc) is 3.57. The number of aromatic nitrogens is 4. The smallest absolute Gasteiger partial charge is 0.407 e. The Kier molecular flexibility index (Phi) is 6.34. The minimum atomic E-state index is -0.876. The number of hydrogen-bond donors (Lipinski definition) is 3. The topological polar surface area (TPSA) is 139 Å². The van der Waals surface area contributed by atoms with E-state index in [0.717, 1.165) is 48.2 Å². The van der Waals surface area contributed by atoms with Crippen molar-refractivity contribution in [1.82, 2.24) is 24.6 Å². The van der Waals surface area contributed by atoms with E-state index in [1.165, 1.54) is 4.90 Å². The van der Waals surface area contributed by atoms with Crippen LogP contribution in [0.4, 0.5) is 16.4 Å². The molecule has 1 aliphatic heterocycles. The number of primary amides is 1. The molecule has 36 heavy (non-hydrogen) atoms. The molecule has 0 spiro atoms. The second-order valence-corrected chi connectivity index (χ2v) is 9.86. The van der Waals surface area contributed by atoms with Gasteiger partial charge in [-0.25, -0.2) is 14.8 Å². The summed E-state index contributed by atoms with van der Waals surface area (Å²) in [6.45, 7) is 2.96. The summed E-state index contributed by atoms with van der Waals surface area (Å²) in [6.07, 6.45) is 8.16. The molecule has 188 valence electrons. The highest BCUT2D eigenvalue weighted by atomic mass is 16.4. The summed E-state index contributed by atoms with van der Waals surface area (Å²) in [5.74, 6) is 0.0310. The van der Waals surface area contributed by atoms with Crippen molar-refractivity contribution < 1.29 is 14.7 Å². The van der Waals surface area contributed by atoms with Crippen molar-refractivity contribution in [2.24, 2.45) is 11.1 Å². The number of benzene rings is 1. The standard InChI is InChI=1S/C26H31N7O3/c1-17-14-28-24(30-19-15-29-33(16-19)20-7-11-32(12-8-20)25(35)36)31-22(17)21(26(9-10-26)23(27)34)13-18-5-3-2-4-6-18/h2-6,14-16,20-21H,7-13H2,1H3,(H2,27,34)(H,35,36)(H,28,30,31). The molecule has 1 aromatic carbocycles. The van der Waals surface area contributed by atoms with Crippen LogP contribution in [0.15, 0.2) is 48.9 Å². The summed E-state index contributed by atoms with van der Waals surface area (Å²) in [5, 5.41) is 16.9. The molecule has 2 aliphatic rings. The normalized spacial score (nSPS) is 18.0. The third kappa shape index (κ3) is 4.75. The molecule has 10 heteroatoms. The fourth-order valence-electron chi connectivity index (χ4n) is 5.23. The second kappa shape index (κ2) is 9.60. The number of rotatable bonds is 8. The zero-order chi connectivity index (χ0) is 25.3. The summed E-state index contributed by atoms with van der Waals surface area (Å²) >= 11 is 0. The van der Waals surface area contributed by atoms with Gasteiger partial charge < -0.3 is 21.1 Å². The molecule has 2 fully saturated rings. The third-order valence-corrected chi connectivity index (χ3v) is 7.54. The molecule has 0 radical (unpaired) electrons. The van der Waals surface area contributed by atoms with Gasteiger partial charge in [-0.15, -0.1) is 0 Å². The lowest BCUT2D eigenvalue weighted by Crippen LogP contribution is -2.38. The number of amides is 2. The van der Waals surface area contributed by atoms with E-state index in [0.29, 0.717) is 25.5 Å². The quantitative estimate of drug-likeness (QED) is 0.439. The number of nitrogens with zero attached hydrogens (tertiary/aromatic N) is 5. The number of carbonyl (C=O) groups is 2. The number of nitrogens with two attached hydrogens (primary N) is 1. The van der Waals surface area contributed by atoms with Crippen molar-refractivity contribution in [3.05, 3.63) is 65.7 Å². The lowest BCUT2D eigenvalue weighted by Gasteiger charge is -2.29. The number of anilines is 2. The molecule has 0 bridgehead atoms. The van der Waals surface area contributed by atoms with Crippen molar-refractivity contribution in [2.75, 3.05) is 18.4 Å². The monoisotopic (exact) mass is 489 g/mol. The molecule has 3 heterocycles. The molecule has 1 atom stereocenters. The SMILES string of the molecule is Cc1cnc(Nc2cnn(C3CCN(C(=O)O)CC3)c2)nc1C(Cc1ccccc1)C1(C(N)=O)CC1. The van der Waals surface area contributed by atoms with Gasteiger partial charge in [0.1, 0.15) is 0 Å². The summed E-state index contributed by atoms with van der Waals surface area (Å²) in [6, 6.07) is 10.3.